The number of fused-ring (bicyclic) bond motifs is 3. The third-order valence-corrected chi connectivity index (χ3v) is 6.90. The Hall–Kier alpha value is -2.74. The highest BCUT2D eigenvalue weighted by atomic mass is 16.5. The van der Waals surface area contributed by atoms with E-state index in [4.69, 9.17) is 9.47 Å². The third kappa shape index (κ3) is 7.38. The first-order chi connectivity index (χ1) is 17.0. The monoisotopic (exact) mass is 496 g/mol. The Bertz CT molecular complexity index is 1060. The van der Waals surface area contributed by atoms with E-state index in [9.17, 15) is 14.7 Å². The molecule has 196 valence electrons. The van der Waals surface area contributed by atoms with Crippen LogP contribution in [0.2, 0.25) is 0 Å². The van der Waals surface area contributed by atoms with Crippen molar-refractivity contribution in [2.45, 2.75) is 70.5 Å². The predicted molar refractivity (Wildman–Crippen MR) is 142 cm³/mol. The van der Waals surface area contributed by atoms with E-state index in [-0.39, 0.29) is 48.4 Å². The Balaban J connectivity index is 1.41. The average molecular weight is 497 g/mol. The van der Waals surface area contributed by atoms with Crippen LogP contribution in [0.15, 0.2) is 42.5 Å². The van der Waals surface area contributed by atoms with Gasteiger partial charge in [0.05, 0.1) is 24.4 Å². The standard InChI is InChI=1S/C29H40N2O5/c1-28(2,35-5)15-17-36-29(3,4)14-16-30-26(33)12-13-27(34)31-20-10-11-23-21-8-6-7-9-22(21)25(19-32)24(23)18-20/h6-11,18,25,32H,12-17,19H2,1-5H3,(H,30,33)(H,31,34). The Labute approximate surface area is 214 Å². The van der Waals surface area contributed by atoms with Gasteiger partial charge in [-0.3, -0.25) is 9.59 Å². The molecule has 0 saturated heterocycles. The van der Waals surface area contributed by atoms with Gasteiger partial charge in [0, 0.05) is 38.1 Å². The summed E-state index contributed by atoms with van der Waals surface area (Å²) >= 11 is 0. The van der Waals surface area contributed by atoms with Gasteiger partial charge in [-0.15, -0.1) is 0 Å². The molecule has 1 aliphatic rings. The van der Waals surface area contributed by atoms with E-state index >= 15 is 0 Å². The Morgan fingerprint density at radius 1 is 0.917 bits per heavy atom. The largest absolute Gasteiger partial charge is 0.395 e. The Morgan fingerprint density at radius 3 is 2.33 bits per heavy atom. The second-order valence-corrected chi connectivity index (χ2v) is 10.6. The zero-order chi connectivity index (χ0) is 26.3. The van der Waals surface area contributed by atoms with Crippen LogP contribution in [0.3, 0.4) is 0 Å². The number of aliphatic hydroxyl groups is 1. The normalized spacial score (nSPS) is 14.8. The number of rotatable bonds is 13. The minimum Gasteiger partial charge on any atom is -0.395 e. The summed E-state index contributed by atoms with van der Waals surface area (Å²) in [6.45, 7) is 9.12. The lowest BCUT2D eigenvalue weighted by Gasteiger charge is -2.29. The van der Waals surface area contributed by atoms with Crippen molar-refractivity contribution in [1.29, 1.82) is 0 Å². The van der Waals surface area contributed by atoms with Gasteiger partial charge >= 0.3 is 0 Å². The van der Waals surface area contributed by atoms with Crippen molar-refractivity contribution in [3.63, 3.8) is 0 Å². The maximum Gasteiger partial charge on any atom is 0.224 e. The van der Waals surface area contributed by atoms with Crippen molar-refractivity contribution in [3.8, 4) is 11.1 Å². The summed E-state index contributed by atoms with van der Waals surface area (Å²) in [5, 5.41) is 15.7. The summed E-state index contributed by atoms with van der Waals surface area (Å²) in [5.41, 5.74) is 4.38. The molecule has 0 bridgehead atoms. The Morgan fingerprint density at radius 2 is 1.61 bits per heavy atom. The van der Waals surface area contributed by atoms with Crippen LogP contribution in [0.4, 0.5) is 5.69 Å². The van der Waals surface area contributed by atoms with Crippen LogP contribution < -0.4 is 10.6 Å². The van der Waals surface area contributed by atoms with E-state index < -0.39 is 0 Å². The molecule has 0 heterocycles. The van der Waals surface area contributed by atoms with Crippen LogP contribution in [0.1, 0.15) is 70.4 Å². The number of carbonyl (C=O) groups excluding carboxylic acids is 2. The predicted octanol–water partition coefficient (Wildman–Crippen LogP) is 4.63. The number of nitrogens with one attached hydrogen (secondary N) is 2. The summed E-state index contributed by atoms with van der Waals surface area (Å²) in [6.07, 6.45) is 1.66. The molecule has 0 aliphatic heterocycles. The van der Waals surface area contributed by atoms with Gasteiger partial charge in [-0.25, -0.2) is 0 Å². The van der Waals surface area contributed by atoms with Crippen molar-refractivity contribution in [1.82, 2.24) is 5.32 Å². The molecule has 0 saturated carbocycles. The average Bonchev–Trinajstić information content (AvgIpc) is 3.15. The topological polar surface area (TPSA) is 96.9 Å². The van der Waals surface area contributed by atoms with E-state index in [1.807, 2.05) is 64.1 Å². The van der Waals surface area contributed by atoms with Gasteiger partial charge in [0.2, 0.25) is 11.8 Å². The van der Waals surface area contributed by atoms with Gasteiger partial charge in [-0.1, -0.05) is 30.3 Å². The molecule has 1 aliphatic carbocycles. The molecule has 0 fully saturated rings. The quantitative estimate of drug-likeness (QED) is 0.376. The van der Waals surface area contributed by atoms with Crippen LogP contribution >= 0.6 is 0 Å². The minimum atomic E-state index is -0.367. The number of ether oxygens (including phenoxy) is 2. The van der Waals surface area contributed by atoms with Crippen LogP contribution in [-0.4, -0.2) is 55.0 Å². The van der Waals surface area contributed by atoms with Gasteiger partial charge in [0.15, 0.2) is 0 Å². The minimum absolute atomic E-state index is 0.00850. The molecule has 1 unspecified atom stereocenters. The smallest absolute Gasteiger partial charge is 0.224 e. The third-order valence-electron chi connectivity index (χ3n) is 6.90. The van der Waals surface area contributed by atoms with E-state index in [1.54, 1.807) is 7.11 Å². The van der Waals surface area contributed by atoms with Gasteiger partial charge in [-0.2, -0.15) is 0 Å². The van der Waals surface area contributed by atoms with Crippen molar-refractivity contribution >= 4 is 17.5 Å². The van der Waals surface area contributed by atoms with Gasteiger partial charge < -0.3 is 25.2 Å². The fraction of sp³-hybridized carbons (Fsp3) is 0.517. The molecule has 3 N–H and O–H groups in total. The maximum atomic E-state index is 12.5. The lowest BCUT2D eigenvalue weighted by atomic mass is 9.98. The molecule has 2 aromatic carbocycles. The molecule has 36 heavy (non-hydrogen) atoms. The first-order valence-electron chi connectivity index (χ1n) is 12.6. The summed E-state index contributed by atoms with van der Waals surface area (Å²) in [4.78, 5) is 24.7. The number of anilines is 1. The van der Waals surface area contributed by atoms with E-state index in [1.165, 1.54) is 0 Å². The Kier molecular flexibility index (Phi) is 9.28. The SMILES string of the molecule is COC(C)(C)CCOC(C)(C)CCNC(=O)CCC(=O)Nc1ccc2c(c1)C(CO)c1ccccc1-2. The molecule has 7 nitrogen and oxygen atoms in total. The zero-order valence-electron chi connectivity index (χ0n) is 22.1. The van der Waals surface area contributed by atoms with E-state index in [2.05, 4.69) is 16.7 Å². The van der Waals surface area contributed by atoms with E-state index in [0.717, 1.165) is 28.7 Å². The number of amides is 2. The highest BCUT2D eigenvalue weighted by Crippen LogP contribution is 2.45. The van der Waals surface area contributed by atoms with Crippen LogP contribution in [0.5, 0.6) is 0 Å². The second-order valence-electron chi connectivity index (χ2n) is 10.6. The number of methoxy groups -OCH3 is 1. The number of benzene rings is 2. The molecule has 7 heteroatoms. The highest BCUT2D eigenvalue weighted by Gasteiger charge is 2.28. The summed E-state index contributed by atoms with van der Waals surface area (Å²) in [6, 6.07) is 13.8. The van der Waals surface area contributed by atoms with Crippen LogP contribution in [-0.2, 0) is 19.1 Å². The fourth-order valence-electron chi connectivity index (χ4n) is 4.37. The van der Waals surface area contributed by atoms with Crippen molar-refractivity contribution in [3.05, 3.63) is 53.6 Å². The lowest BCUT2D eigenvalue weighted by Crippen LogP contribution is -2.34. The first kappa shape index (κ1) is 27.8. The molecule has 0 aromatic heterocycles. The molecular weight excluding hydrogens is 456 g/mol. The second kappa shape index (κ2) is 12.0. The summed E-state index contributed by atoms with van der Waals surface area (Å²) < 4.78 is 11.4. The molecule has 0 radical (unpaired) electrons. The van der Waals surface area contributed by atoms with Crippen molar-refractivity contribution in [2.24, 2.45) is 0 Å². The zero-order valence-corrected chi connectivity index (χ0v) is 22.1. The summed E-state index contributed by atoms with van der Waals surface area (Å²) in [7, 11) is 1.69. The highest BCUT2D eigenvalue weighted by molar-refractivity contribution is 5.94. The van der Waals surface area contributed by atoms with Crippen LogP contribution in [0, 0.1) is 0 Å². The van der Waals surface area contributed by atoms with Gasteiger partial charge in [-0.05, 0) is 74.9 Å². The molecule has 2 amide bonds. The molecular formula is C29H40N2O5. The van der Waals surface area contributed by atoms with E-state index in [0.29, 0.717) is 25.3 Å². The fourth-order valence-corrected chi connectivity index (χ4v) is 4.37. The first-order valence-corrected chi connectivity index (χ1v) is 12.6. The maximum absolute atomic E-state index is 12.5. The lowest BCUT2D eigenvalue weighted by molar-refractivity contribution is -0.124. The number of hydrogen-bond donors (Lipinski definition) is 3. The van der Waals surface area contributed by atoms with Crippen LogP contribution in [0.25, 0.3) is 11.1 Å². The van der Waals surface area contributed by atoms with Gasteiger partial charge in [0.1, 0.15) is 0 Å². The number of hydrogen-bond acceptors (Lipinski definition) is 5. The van der Waals surface area contributed by atoms with Crippen molar-refractivity contribution in [2.75, 3.05) is 32.2 Å². The number of carbonyl (C=O) groups is 2. The molecule has 3 rings (SSSR count). The molecule has 0 spiro atoms. The summed E-state index contributed by atoms with van der Waals surface area (Å²) in [5.74, 6) is -0.477. The molecule has 2 aromatic rings. The van der Waals surface area contributed by atoms with Crippen molar-refractivity contribution < 1.29 is 24.2 Å². The van der Waals surface area contributed by atoms with Gasteiger partial charge in [0.25, 0.3) is 0 Å². The number of aliphatic hydroxyl groups excluding tert-OH is 1. The molecule has 1 atom stereocenters.